The fourth-order valence-corrected chi connectivity index (χ4v) is 2.80. The third-order valence-electron chi connectivity index (χ3n) is 3.51. The Morgan fingerprint density at radius 1 is 1.00 bits per heavy atom. The van der Waals surface area contributed by atoms with Crippen molar-refractivity contribution in [2.24, 2.45) is 0 Å². The highest BCUT2D eigenvalue weighted by Crippen LogP contribution is 2.27. The number of rotatable bonds is 2. The standard InChI is InChI=1S/C16H11ClN4/c17-9-16-20-13-10-18-8-6-15(13)21(16)14-5-1-4-12-11(14)3-2-7-19-12/h1-8,10H,9H2. The molecule has 1 aromatic carbocycles. The predicted octanol–water partition coefficient (Wildman–Crippen LogP) is 3.71. The Labute approximate surface area is 126 Å². The van der Waals surface area contributed by atoms with E-state index in [-0.39, 0.29) is 0 Å². The van der Waals surface area contributed by atoms with Crippen molar-refractivity contribution in [2.75, 3.05) is 0 Å². The zero-order chi connectivity index (χ0) is 14.2. The Morgan fingerprint density at radius 3 is 2.86 bits per heavy atom. The van der Waals surface area contributed by atoms with Gasteiger partial charge in [-0.1, -0.05) is 6.07 Å². The third-order valence-corrected chi connectivity index (χ3v) is 3.75. The molecule has 3 heterocycles. The van der Waals surface area contributed by atoms with Crippen molar-refractivity contribution in [2.45, 2.75) is 5.88 Å². The second-order valence-electron chi connectivity index (χ2n) is 4.71. The van der Waals surface area contributed by atoms with Crippen LogP contribution in [0.5, 0.6) is 0 Å². The molecule has 4 rings (SSSR count). The number of hydrogen-bond acceptors (Lipinski definition) is 3. The smallest absolute Gasteiger partial charge is 0.129 e. The maximum Gasteiger partial charge on any atom is 0.129 e. The summed E-state index contributed by atoms with van der Waals surface area (Å²) in [5.41, 5.74) is 3.82. The Balaban J connectivity index is 2.13. The SMILES string of the molecule is ClCc1nc2cnccc2n1-c1cccc2ncccc12. The number of alkyl halides is 1. The van der Waals surface area contributed by atoms with Gasteiger partial charge in [-0.2, -0.15) is 0 Å². The summed E-state index contributed by atoms with van der Waals surface area (Å²) in [5, 5.41) is 1.07. The highest BCUT2D eigenvalue weighted by atomic mass is 35.5. The lowest BCUT2D eigenvalue weighted by Crippen LogP contribution is -2.00. The van der Waals surface area contributed by atoms with Gasteiger partial charge < -0.3 is 0 Å². The molecule has 4 nitrogen and oxygen atoms in total. The minimum atomic E-state index is 0.339. The third kappa shape index (κ3) is 1.87. The van der Waals surface area contributed by atoms with Gasteiger partial charge in [0.1, 0.15) is 11.3 Å². The lowest BCUT2D eigenvalue weighted by molar-refractivity contribution is 0.989. The predicted molar refractivity (Wildman–Crippen MR) is 83.7 cm³/mol. The van der Waals surface area contributed by atoms with Crippen LogP contribution in [0.4, 0.5) is 0 Å². The highest BCUT2D eigenvalue weighted by Gasteiger charge is 2.13. The van der Waals surface area contributed by atoms with Gasteiger partial charge in [0.2, 0.25) is 0 Å². The van der Waals surface area contributed by atoms with Gasteiger partial charge in [-0.05, 0) is 30.3 Å². The molecular weight excluding hydrogens is 284 g/mol. The maximum absolute atomic E-state index is 6.09. The number of hydrogen-bond donors (Lipinski definition) is 0. The van der Waals surface area contributed by atoms with Gasteiger partial charge in [0, 0.05) is 17.8 Å². The van der Waals surface area contributed by atoms with Crippen molar-refractivity contribution in [1.82, 2.24) is 19.5 Å². The van der Waals surface area contributed by atoms with E-state index in [9.17, 15) is 0 Å². The summed E-state index contributed by atoms with van der Waals surface area (Å²) in [7, 11) is 0. The summed E-state index contributed by atoms with van der Waals surface area (Å²) in [5.74, 6) is 1.14. The first kappa shape index (κ1) is 12.3. The molecule has 0 saturated carbocycles. The van der Waals surface area contributed by atoms with Crippen molar-refractivity contribution in [1.29, 1.82) is 0 Å². The zero-order valence-corrected chi connectivity index (χ0v) is 11.8. The molecule has 21 heavy (non-hydrogen) atoms. The first-order valence-electron chi connectivity index (χ1n) is 6.60. The van der Waals surface area contributed by atoms with Gasteiger partial charge in [0.25, 0.3) is 0 Å². The Morgan fingerprint density at radius 2 is 1.95 bits per heavy atom. The van der Waals surface area contributed by atoms with Crippen LogP contribution in [0.3, 0.4) is 0 Å². The Kier molecular flexibility index (Phi) is 2.82. The van der Waals surface area contributed by atoms with E-state index in [2.05, 4.69) is 31.7 Å². The van der Waals surface area contributed by atoms with E-state index < -0.39 is 0 Å². The van der Waals surface area contributed by atoms with E-state index in [0.717, 1.165) is 33.4 Å². The molecule has 102 valence electrons. The summed E-state index contributed by atoms with van der Waals surface area (Å²) < 4.78 is 2.08. The van der Waals surface area contributed by atoms with Crippen LogP contribution in [0.15, 0.2) is 55.0 Å². The molecule has 0 unspecified atom stereocenters. The van der Waals surface area contributed by atoms with Gasteiger partial charge in [-0.15, -0.1) is 11.6 Å². The molecule has 0 atom stereocenters. The normalized spacial score (nSPS) is 11.3. The van der Waals surface area contributed by atoms with E-state index in [1.807, 2.05) is 24.3 Å². The van der Waals surface area contributed by atoms with Crippen LogP contribution in [-0.2, 0) is 5.88 Å². The number of imidazole rings is 1. The molecule has 5 heteroatoms. The molecule has 0 N–H and O–H groups in total. The lowest BCUT2D eigenvalue weighted by Gasteiger charge is -2.10. The van der Waals surface area contributed by atoms with Crippen LogP contribution in [0, 0.1) is 0 Å². The molecule has 4 aromatic rings. The second-order valence-corrected chi connectivity index (χ2v) is 4.98. The van der Waals surface area contributed by atoms with Crippen molar-refractivity contribution in [3.05, 3.63) is 60.8 Å². The molecule has 0 aliphatic carbocycles. The maximum atomic E-state index is 6.09. The highest BCUT2D eigenvalue weighted by molar-refractivity contribution is 6.17. The molecule has 0 saturated heterocycles. The number of halogens is 1. The largest absolute Gasteiger partial charge is 0.294 e. The fourth-order valence-electron chi connectivity index (χ4n) is 2.62. The van der Waals surface area contributed by atoms with Crippen LogP contribution in [-0.4, -0.2) is 19.5 Å². The van der Waals surface area contributed by atoms with Crippen molar-refractivity contribution >= 4 is 33.5 Å². The Bertz CT molecular complexity index is 940. The monoisotopic (exact) mass is 294 g/mol. The molecule has 0 spiro atoms. The number of pyridine rings is 2. The molecule has 0 aliphatic heterocycles. The summed E-state index contributed by atoms with van der Waals surface area (Å²) in [6.45, 7) is 0. The van der Waals surface area contributed by atoms with Crippen LogP contribution < -0.4 is 0 Å². The summed E-state index contributed by atoms with van der Waals surface area (Å²) in [4.78, 5) is 13.1. The molecule has 0 fully saturated rings. The minimum absolute atomic E-state index is 0.339. The molecule has 3 aromatic heterocycles. The quantitative estimate of drug-likeness (QED) is 0.529. The van der Waals surface area contributed by atoms with Gasteiger partial charge in [0.05, 0.1) is 28.8 Å². The molecule has 0 aliphatic rings. The van der Waals surface area contributed by atoms with Crippen molar-refractivity contribution < 1.29 is 0 Å². The fraction of sp³-hybridized carbons (Fsp3) is 0.0625. The average Bonchev–Trinajstić information content (AvgIpc) is 2.92. The van der Waals surface area contributed by atoms with E-state index in [1.165, 1.54) is 0 Å². The summed E-state index contributed by atoms with van der Waals surface area (Å²) >= 11 is 6.09. The first-order chi connectivity index (χ1) is 10.4. The number of fused-ring (bicyclic) bond motifs is 2. The van der Waals surface area contributed by atoms with E-state index >= 15 is 0 Å². The summed E-state index contributed by atoms with van der Waals surface area (Å²) in [6.07, 6.45) is 5.32. The number of benzene rings is 1. The van der Waals surface area contributed by atoms with E-state index in [0.29, 0.717) is 5.88 Å². The summed E-state index contributed by atoms with van der Waals surface area (Å²) in [6, 6.07) is 12.0. The van der Waals surface area contributed by atoms with Crippen molar-refractivity contribution in [3.8, 4) is 5.69 Å². The molecular formula is C16H11ClN4. The topological polar surface area (TPSA) is 43.6 Å². The molecule has 0 amide bonds. The first-order valence-corrected chi connectivity index (χ1v) is 7.13. The van der Waals surface area contributed by atoms with Crippen molar-refractivity contribution in [3.63, 3.8) is 0 Å². The number of nitrogens with zero attached hydrogens (tertiary/aromatic N) is 4. The van der Waals surface area contributed by atoms with Gasteiger partial charge >= 0.3 is 0 Å². The van der Waals surface area contributed by atoms with E-state index in [4.69, 9.17) is 11.6 Å². The zero-order valence-electron chi connectivity index (χ0n) is 11.1. The Hall–Kier alpha value is -2.46. The second kappa shape index (κ2) is 4.82. The van der Waals surface area contributed by atoms with Gasteiger partial charge in [-0.25, -0.2) is 4.98 Å². The van der Waals surface area contributed by atoms with Crippen LogP contribution in [0.1, 0.15) is 5.82 Å². The number of aromatic nitrogens is 4. The molecule has 0 radical (unpaired) electrons. The van der Waals surface area contributed by atoms with Crippen LogP contribution >= 0.6 is 11.6 Å². The van der Waals surface area contributed by atoms with Crippen LogP contribution in [0.25, 0.3) is 27.6 Å². The van der Waals surface area contributed by atoms with Crippen LogP contribution in [0.2, 0.25) is 0 Å². The van der Waals surface area contributed by atoms with E-state index in [1.54, 1.807) is 18.6 Å². The minimum Gasteiger partial charge on any atom is -0.294 e. The average molecular weight is 295 g/mol. The molecule has 0 bridgehead atoms. The van der Waals surface area contributed by atoms with Gasteiger partial charge in [-0.3, -0.25) is 14.5 Å². The lowest BCUT2D eigenvalue weighted by atomic mass is 10.1. The van der Waals surface area contributed by atoms with Gasteiger partial charge in [0.15, 0.2) is 0 Å².